The Labute approximate surface area is 156 Å². The minimum atomic E-state index is -0.347. The Kier molecular flexibility index (Phi) is 4.43. The van der Waals surface area contributed by atoms with Crippen LogP contribution in [0.5, 0.6) is 0 Å². The SMILES string of the molecule is CN1C(=O)/C(=C/c2ccc3[nH]cnc3c2)N=C1N[C@H](CO)c1ccccc1. The number of aromatic nitrogens is 2. The lowest BCUT2D eigenvalue weighted by Gasteiger charge is -2.20. The zero-order valence-corrected chi connectivity index (χ0v) is 14.8. The van der Waals surface area contributed by atoms with Crippen LogP contribution in [-0.2, 0) is 4.79 Å². The van der Waals surface area contributed by atoms with E-state index in [1.807, 2.05) is 48.5 Å². The van der Waals surface area contributed by atoms with Crippen LogP contribution in [0.1, 0.15) is 17.2 Å². The van der Waals surface area contributed by atoms with Crippen molar-refractivity contribution in [3.05, 3.63) is 71.7 Å². The number of carbonyl (C=O) groups is 1. The van der Waals surface area contributed by atoms with Crippen molar-refractivity contribution in [1.29, 1.82) is 0 Å². The zero-order valence-electron chi connectivity index (χ0n) is 14.8. The molecule has 0 aliphatic carbocycles. The summed E-state index contributed by atoms with van der Waals surface area (Å²) in [6, 6.07) is 14.9. The van der Waals surface area contributed by atoms with Gasteiger partial charge in [0.1, 0.15) is 5.70 Å². The number of aliphatic hydroxyl groups excluding tert-OH is 1. The van der Waals surface area contributed by atoms with Crippen LogP contribution in [0, 0.1) is 0 Å². The van der Waals surface area contributed by atoms with Gasteiger partial charge in [0.15, 0.2) is 0 Å². The Hall–Kier alpha value is -3.45. The van der Waals surface area contributed by atoms with Crippen molar-refractivity contribution < 1.29 is 9.90 Å². The Morgan fingerprint density at radius 3 is 2.85 bits per heavy atom. The summed E-state index contributed by atoms with van der Waals surface area (Å²) < 4.78 is 0. The van der Waals surface area contributed by atoms with Crippen LogP contribution in [0.2, 0.25) is 0 Å². The number of H-pyrrole nitrogens is 1. The largest absolute Gasteiger partial charge is 0.394 e. The topological polar surface area (TPSA) is 93.6 Å². The number of guanidine groups is 1. The highest BCUT2D eigenvalue weighted by atomic mass is 16.3. The quantitative estimate of drug-likeness (QED) is 0.620. The van der Waals surface area contributed by atoms with Gasteiger partial charge >= 0.3 is 0 Å². The van der Waals surface area contributed by atoms with E-state index < -0.39 is 0 Å². The molecule has 2 heterocycles. The molecule has 0 saturated carbocycles. The van der Waals surface area contributed by atoms with E-state index in [9.17, 15) is 9.90 Å². The number of rotatable bonds is 4. The predicted octanol–water partition coefficient (Wildman–Crippen LogP) is 2.05. The van der Waals surface area contributed by atoms with Crippen LogP contribution in [-0.4, -0.2) is 45.5 Å². The van der Waals surface area contributed by atoms with Crippen LogP contribution >= 0.6 is 0 Å². The Bertz CT molecular complexity index is 1040. The van der Waals surface area contributed by atoms with E-state index in [1.165, 1.54) is 4.90 Å². The van der Waals surface area contributed by atoms with Gasteiger partial charge in [-0.25, -0.2) is 9.98 Å². The number of aliphatic hydroxyl groups is 1. The van der Waals surface area contributed by atoms with Gasteiger partial charge in [0.25, 0.3) is 5.91 Å². The molecule has 3 N–H and O–H groups in total. The van der Waals surface area contributed by atoms with Crippen molar-refractivity contribution in [3.63, 3.8) is 0 Å². The van der Waals surface area contributed by atoms with Gasteiger partial charge in [0, 0.05) is 7.05 Å². The van der Waals surface area contributed by atoms with Gasteiger partial charge in [-0.1, -0.05) is 36.4 Å². The van der Waals surface area contributed by atoms with Crippen molar-refractivity contribution in [2.24, 2.45) is 4.99 Å². The zero-order chi connectivity index (χ0) is 18.8. The first-order valence-corrected chi connectivity index (χ1v) is 8.59. The number of amides is 1. The third-order valence-electron chi connectivity index (χ3n) is 4.50. The summed E-state index contributed by atoms with van der Waals surface area (Å²) >= 11 is 0. The molecule has 0 spiro atoms. The highest BCUT2D eigenvalue weighted by Crippen LogP contribution is 2.20. The second-order valence-corrected chi connectivity index (χ2v) is 6.30. The van der Waals surface area contributed by atoms with E-state index in [2.05, 4.69) is 20.3 Å². The molecule has 1 amide bonds. The lowest BCUT2D eigenvalue weighted by atomic mass is 10.1. The number of fused-ring (bicyclic) bond motifs is 1. The summed E-state index contributed by atoms with van der Waals surface area (Å²) in [7, 11) is 1.66. The van der Waals surface area contributed by atoms with Gasteiger partial charge in [-0.15, -0.1) is 0 Å². The smallest absolute Gasteiger partial charge is 0.279 e. The fourth-order valence-electron chi connectivity index (χ4n) is 3.00. The number of nitrogens with one attached hydrogen (secondary N) is 2. The molecule has 0 bridgehead atoms. The molecule has 27 heavy (non-hydrogen) atoms. The first-order valence-electron chi connectivity index (χ1n) is 8.59. The first kappa shape index (κ1) is 17.0. The molecule has 0 fully saturated rings. The molecular weight excluding hydrogens is 342 g/mol. The maximum atomic E-state index is 12.6. The monoisotopic (exact) mass is 361 g/mol. The average Bonchev–Trinajstić information content (AvgIpc) is 3.27. The fourth-order valence-corrected chi connectivity index (χ4v) is 3.00. The van der Waals surface area contributed by atoms with Gasteiger partial charge in [-0.05, 0) is 29.3 Å². The molecule has 1 aliphatic heterocycles. The third kappa shape index (κ3) is 3.32. The maximum Gasteiger partial charge on any atom is 0.279 e. The molecule has 7 nitrogen and oxygen atoms in total. The Morgan fingerprint density at radius 2 is 2.07 bits per heavy atom. The van der Waals surface area contributed by atoms with Crippen molar-refractivity contribution >= 4 is 29.0 Å². The maximum absolute atomic E-state index is 12.6. The van der Waals surface area contributed by atoms with Crippen molar-refractivity contribution in [3.8, 4) is 0 Å². The first-order chi connectivity index (χ1) is 13.2. The molecule has 0 unspecified atom stereocenters. The Morgan fingerprint density at radius 1 is 1.26 bits per heavy atom. The number of nitrogens with zero attached hydrogens (tertiary/aromatic N) is 3. The molecule has 7 heteroatoms. The van der Waals surface area contributed by atoms with E-state index >= 15 is 0 Å². The lowest BCUT2D eigenvalue weighted by molar-refractivity contribution is -0.121. The number of likely N-dealkylation sites (N-methyl/N-ethyl adjacent to an activating group) is 1. The third-order valence-corrected chi connectivity index (χ3v) is 4.50. The van der Waals surface area contributed by atoms with E-state index in [1.54, 1.807) is 19.5 Å². The number of carbonyl (C=O) groups excluding carboxylic acids is 1. The minimum absolute atomic E-state index is 0.111. The number of benzene rings is 2. The van der Waals surface area contributed by atoms with Crippen LogP contribution in [0.25, 0.3) is 17.1 Å². The number of imidazole rings is 1. The van der Waals surface area contributed by atoms with E-state index in [0.717, 1.165) is 22.2 Å². The highest BCUT2D eigenvalue weighted by Gasteiger charge is 2.28. The van der Waals surface area contributed by atoms with Crippen molar-refractivity contribution in [2.45, 2.75) is 6.04 Å². The van der Waals surface area contributed by atoms with Gasteiger partial charge < -0.3 is 15.4 Å². The predicted molar refractivity (Wildman–Crippen MR) is 104 cm³/mol. The van der Waals surface area contributed by atoms with Crippen LogP contribution in [0.15, 0.2) is 65.5 Å². The second kappa shape index (κ2) is 7.05. The molecule has 4 rings (SSSR count). The lowest BCUT2D eigenvalue weighted by Crippen LogP contribution is -2.41. The van der Waals surface area contributed by atoms with Gasteiger partial charge in [0.2, 0.25) is 5.96 Å². The molecular formula is C20H19N5O2. The standard InChI is InChI=1S/C20H19N5O2/c1-25-19(27)17(10-13-7-8-15-16(9-13)22-12-21-15)23-20(25)24-18(11-26)14-5-3-2-4-6-14/h2-10,12,18,26H,11H2,1H3,(H,21,22)(H,23,24)/b17-10-/t18-/m1/s1. The average molecular weight is 361 g/mol. The summed E-state index contributed by atoms with van der Waals surface area (Å²) in [6.45, 7) is -0.111. The summed E-state index contributed by atoms with van der Waals surface area (Å²) in [5.74, 6) is 0.208. The van der Waals surface area contributed by atoms with Crippen molar-refractivity contribution in [2.75, 3.05) is 13.7 Å². The summed E-state index contributed by atoms with van der Waals surface area (Å²) in [6.07, 6.45) is 3.37. The number of hydrogen-bond donors (Lipinski definition) is 3. The summed E-state index contributed by atoms with van der Waals surface area (Å²) in [5.41, 5.74) is 3.86. The number of hydrogen-bond acceptors (Lipinski definition) is 5. The van der Waals surface area contributed by atoms with Crippen LogP contribution in [0.4, 0.5) is 0 Å². The molecule has 0 radical (unpaired) electrons. The summed E-state index contributed by atoms with van der Waals surface area (Å²) in [5, 5.41) is 12.9. The van der Waals surface area contributed by atoms with E-state index in [4.69, 9.17) is 0 Å². The van der Waals surface area contributed by atoms with Gasteiger partial charge in [-0.2, -0.15) is 0 Å². The van der Waals surface area contributed by atoms with Crippen LogP contribution < -0.4 is 5.32 Å². The van der Waals surface area contributed by atoms with Gasteiger partial charge in [-0.3, -0.25) is 9.69 Å². The number of aliphatic imine (C=N–C) groups is 1. The minimum Gasteiger partial charge on any atom is -0.394 e. The molecule has 2 aromatic carbocycles. The molecule has 3 aromatic rings. The van der Waals surface area contributed by atoms with Crippen molar-refractivity contribution in [1.82, 2.24) is 20.2 Å². The van der Waals surface area contributed by atoms with Crippen LogP contribution in [0.3, 0.4) is 0 Å². The normalized spacial score (nSPS) is 16.8. The molecule has 0 saturated heterocycles. The molecule has 1 aliphatic rings. The molecule has 136 valence electrons. The highest BCUT2D eigenvalue weighted by molar-refractivity contribution is 6.13. The fraction of sp³-hybridized carbons (Fsp3) is 0.150. The van der Waals surface area contributed by atoms with Gasteiger partial charge in [0.05, 0.1) is 30.0 Å². The number of aromatic amines is 1. The molecule has 1 atom stereocenters. The second-order valence-electron chi connectivity index (χ2n) is 6.30. The Balaban J connectivity index is 1.61. The van der Waals surface area contributed by atoms with E-state index in [-0.39, 0.29) is 18.6 Å². The molecule has 1 aromatic heterocycles. The summed E-state index contributed by atoms with van der Waals surface area (Å²) in [4.78, 5) is 25.7. The van der Waals surface area contributed by atoms with E-state index in [0.29, 0.717) is 11.7 Å².